The number of alkyl halides is 2. The minimum Gasteiger partial charge on any atom is -0.351 e. The maximum Gasteiger partial charge on any atom is 0.275 e. The molecule has 160 valence electrons. The van der Waals surface area contributed by atoms with Crippen molar-refractivity contribution >= 4 is 22.7 Å². The summed E-state index contributed by atoms with van der Waals surface area (Å²) in [4.78, 5) is 32.4. The van der Waals surface area contributed by atoms with Crippen LogP contribution in [-0.4, -0.2) is 61.3 Å². The Balaban J connectivity index is 1.27. The largest absolute Gasteiger partial charge is 0.351 e. The molecule has 0 bridgehead atoms. The molecule has 1 saturated heterocycles. The molecule has 1 aromatic carbocycles. The number of aromatic nitrogens is 3. The van der Waals surface area contributed by atoms with Crippen molar-refractivity contribution in [3.63, 3.8) is 0 Å². The van der Waals surface area contributed by atoms with E-state index in [1.54, 1.807) is 4.90 Å². The summed E-state index contributed by atoms with van der Waals surface area (Å²) < 4.78 is 28.1. The number of aromatic amines is 2. The standard InChI is InChI=1S/C22H21F2N5O2/c23-22(24)11-21(6-7-21)29(12-22)20(31)18-14-10-28(8-5-16(14)26-27-18)19(30)17-9-13-3-1-2-4-15(13)25-17/h1-4,9,25H,5-8,10-12H2,(H,26,27). The van der Waals surface area contributed by atoms with Gasteiger partial charge in [-0.15, -0.1) is 0 Å². The summed E-state index contributed by atoms with van der Waals surface area (Å²) in [5.74, 6) is -3.49. The number of rotatable bonds is 2. The summed E-state index contributed by atoms with van der Waals surface area (Å²) in [6.07, 6.45) is 1.46. The van der Waals surface area contributed by atoms with Crippen LogP contribution in [0.15, 0.2) is 30.3 Å². The van der Waals surface area contributed by atoms with Crippen LogP contribution in [0.2, 0.25) is 0 Å². The highest BCUT2D eigenvalue weighted by molar-refractivity contribution is 5.99. The Hall–Kier alpha value is -3.23. The Kier molecular flexibility index (Phi) is 3.68. The number of carbonyl (C=O) groups excluding carboxylic acids is 2. The number of benzene rings is 1. The summed E-state index contributed by atoms with van der Waals surface area (Å²) in [6.45, 7) is 0.145. The summed E-state index contributed by atoms with van der Waals surface area (Å²) >= 11 is 0. The lowest BCUT2D eigenvalue weighted by Crippen LogP contribution is -2.40. The van der Waals surface area contributed by atoms with Gasteiger partial charge in [-0.2, -0.15) is 5.10 Å². The van der Waals surface area contributed by atoms with E-state index in [-0.39, 0.29) is 24.6 Å². The van der Waals surface area contributed by atoms with Crippen LogP contribution >= 0.6 is 0 Å². The molecule has 0 radical (unpaired) electrons. The van der Waals surface area contributed by atoms with Crippen molar-refractivity contribution in [3.05, 3.63) is 53.0 Å². The summed E-state index contributed by atoms with van der Waals surface area (Å²) in [6, 6.07) is 9.47. The molecule has 31 heavy (non-hydrogen) atoms. The van der Waals surface area contributed by atoms with Crippen LogP contribution in [0.25, 0.3) is 10.9 Å². The maximum absolute atomic E-state index is 14.0. The lowest BCUT2D eigenvalue weighted by Gasteiger charge is -2.28. The molecular weight excluding hydrogens is 404 g/mol. The molecule has 3 aromatic rings. The molecule has 0 unspecified atom stereocenters. The number of nitrogens with zero attached hydrogens (tertiary/aromatic N) is 3. The zero-order valence-corrected chi connectivity index (χ0v) is 16.8. The van der Waals surface area contributed by atoms with Gasteiger partial charge in [0.25, 0.3) is 17.7 Å². The molecule has 2 N–H and O–H groups in total. The van der Waals surface area contributed by atoms with E-state index in [1.807, 2.05) is 30.3 Å². The zero-order chi connectivity index (χ0) is 21.4. The second-order valence-electron chi connectivity index (χ2n) is 8.92. The number of carbonyl (C=O) groups is 2. The van der Waals surface area contributed by atoms with Gasteiger partial charge in [-0.05, 0) is 25.0 Å². The second-order valence-corrected chi connectivity index (χ2v) is 8.92. The Morgan fingerprint density at radius 2 is 1.94 bits per heavy atom. The quantitative estimate of drug-likeness (QED) is 0.662. The number of hydrogen-bond donors (Lipinski definition) is 2. The van der Waals surface area contributed by atoms with Gasteiger partial charge in [0.15, 0.2) is 5.69 Å². The van der Waals surface area contributed by atoms with Crippen LogP contribution < -0.4 is 0 Å². The number of hydrogen-bond acceptors (Lipinski definition) is 3. The molecule has 2 fully saturated rings. The van der Waals surface area contributed by atoms with Gasteiger partial charge in [-0.1, -0.05) is 18.2 Å². The monoisotopic (exact) mass is 425 g/mol. The number of fused-ring (bicyclic) bond motifs is 2. The second kappa shape index (κ2) is 6.15. The van der Waals surface area contributed by atoms with Crippen molar-refractivity contribution in [1.82, 2.24) is 25.0 Å². The van der Waals surface area contributed by atoms with Gasteiger partial charge in [0.2, 0.25) is 0 Å². The average molecular weight is 425 g/mol. The molecular formula is C22H21F2N5O2. The molecule has 1 spiro atoms. The number of nitrogens with one attached hydrogen (secondary N) is 2. The number of halogens is 2. The third-order valence-corrected chi connectivity index (χ3v) is 6.81. The number of para-hydroxylation sites is 1. The molecule has 9 heteroatoms. The predicted octanol–water partition coefficient (Wildman–Crippen LogP) is 3.10. The van der Waals surface area contributed by atoms with Crippen molar-refractivity contribution < 1.29 is 18.4 Å². The van der Waals surface area contributed by atoms with Crippen LogP contribution in [0.4, 0.5) is 8.78 Å². The molecule has 7 nitrogen and oxygen atoms in total. The number of amides is 2. The fraction of sp³-hybridized carbons (Fsp3) is 0.409. The predicted molar refractivity (Wildman–Crippen MR) is 108 cm³/mol. The van der Waals surface area contributed by atoms with Gasteiger partial charge in [0.1, 0.15) is 5.69 Å². The topological polar surface area (TPSA) is 85.1 Å². The van der Waals surface area contributed by atoms with Crippen LogP contribution in [0.5, 0.6) is 0 Å². The highest BCUT2D eigenvalue weighted by Crippen LogP contribution is 2.54. The van der Waals surface area contributed by atoms with E-state index in [1.165, 1.54) is 4.90 Å². The molecule has 1 saturated carbocycles. The Bertz CT molecular complexity index is 1190. The van der Waals surface area contributed by atoms with E-state index in [0.717, 1.165) is 16.6 Å². The average Bonchev–Trinajstić information content (AvgIpc) is 3.12. The molecule has 3 aliphatic rings. The lowest BCUT2D eigenvalue weighted by molar-refractivity contribution is 0.0116. The fourth-order valence-corrected chi connectivity index (χ4v) is 5.04. The summed E-state index contributed by atoms with van der Waals surface area (Å²) in [5.41, 5.74) is 2.23. The van der Waals surface area contributed by atoms with Crippen molar-refractivity contribution in [2.24, 2.45) is 0 Å². The smallest absolute Gasteiger partial charge is 0.275 e. The zero-order valence-electron chi connectivity index (χ0n) is 16.8. The van der Waals surface area contributed by atoms with Crippen molar-refractivity contribution in [2.45, 2.75) is 43.7 Å². The Morgan fingerprint density at radius 3 is 2.71 bits per heavy atom. The first-order valence-corrected chi connectivity index (χ1v) is 10.5. The lowest BCUT2D eigenvalue weighted by atomic mass is 10.0. The molecule has 2 aliphatic heterocycles. The first-order chi connectivity index (χ1) is 14.9. The Morgan fingerprint density at radius 1 is 1.13 bits per heavy atom. The van der Waals surface area contributed by atoms with Crippen molar-refractivity contribution in [3.8, 4) is 0 Å². The molecule has 4 heterocycles. The molecule has 6 rings (SSSR count). The van der Waals surface area contributed by atoms with E-state index in [9.17, 15) is 18.4 Å². The van der Waals surface area contributed by atoms with Gasteiger partial charge in [-0.25, -0.2) is 8.78 Å². The molecule has 2 aromatic heterocycles. The van der Waals surface area contributed by atoms with Crippen molar-refractivity contribution in [1.29, 1.82) is 0 Å². The maximum atomic E-state index is 14.0. The first-order valence-electron chi connectivity index (χ1n) is 10.5. The number of likely N-dealkylation sites (tertiary alicyclic amines) is 1. The molecule has 0 atom stereocenters. The summed E-state index contributed by atoms with van der Waals surface area (Å²) in [7, 11) is 0. The van der Waals surface area contributed by atoms with E-state index < -0.39 is 23.9 Å². The van der Waals surface area contributed by atoms with Crippen LogP contribution in [0, 0.1) is 0 Å². The number of H-pyrrole nitrogens is 2. The van der Waals surface area contributed by atoms with Gasteiger partial charge >= 0.3 is 0 Å². The van der Waals surface area contributed by atoms with Gasteiger partial charge < -0.3 is 14.8 Å². The van der Waals surface area contributed by atoms with E-state index in [4.69, 9.17) is 0 Å². The van der Waals surface area contributed by atoms with Crippen LogP contribution in [0.1, 0.15) is 51.5 Å². The van der Waals surface area contributed by atoms with Crippen molar-refractivity contribution in [2.75, 3.05) is 13.1 Å². The third kappa shape index (κ3) is 2.86. The minimum absolute atomic E-state index is 0.159. The van der Waals surface area contributed by atoms with Gasteiger partial charge in [-0.3, -0.25) is 14.7 Å². The molecule has 2 amide bonds. The molecule has 1 aliphatic carbocycles. The SMILES string of the molecule is O=C(c1cc2ccccc2[nH]1)N1CCc2[nH]nc(C(=O)N3CC(F)(F)CC34CC4)c2C1. The van der Waals surface area contributed by atoms with Gasteiger partial charge in [0.05, 0.1) is 13.1 Å². The van der Waals surface area contributed by atoms with Gasteiger partial charge in [0, 0.05) is 47.1 Å². The Labute approximate surface area is 176 Å². The van der Waals surface area contributed by atoms with E-state index in [0.29, 0.717) is 37.1 Å². The fourth-order valence-electron chi connectivity index (χ4n) is 5.04. The van der Waals surface area contributed by atoms with Crippen LogP contribution in [0.3, 0.4) is 0 Å². The van der Waals surface area contributed by atoms with Crippen LogP contribution in [-0.2, 0) is 13.0 Å². The van der Waals surface area contributed by atoms with E-state index in [2.05, 4.69) is 15.2 Å². The third-order valence-electron chi connectivity index (χ3n) is 6.81. The summed E-state index contributed by atoms with van der Waals surface area (Å²) in [5, 5.41) is 8.02. The highest BCUT2D eigenvalue weighted by atomic mass is 19.3. The normalized spacial score (nSPS) is 21.0. The first kappa shape index (κ1) is 18.5. The minimum atomic E-state index is -2.86. The van der Waals surface area contributed by atoms with E-state index >= 15 is 0 Å². The highest BCUT2D eigenvalue weighted by Gasteiger charge is 2.63.